The molecule has 3 heteroatoms. The number of carbonyl (C=O) groups is 3. The van der Waals surface area contributed by atoms with Crippen LogP contribution in [0.3, 0.4) is 0 Å². The van der Waals surface area contributed by atoms with Crippen LogP contribution in [-0.4, -0.2) is 17.3 Å². The van der Waals surface area contributed by atoms with E-state index in [1.54, 1.807) is 0 Å². The van der Waals surface area contributed by atoms with Crippen LogP contribution >= 0.6 is 0 Å². The molecule has 0 aliphatic rings. The molecule has 0 N–H and O–H groups in total. The molecule has 0 spiro atoms. The van der Waals surface area contributed by atoms with Gasteiger partial charge in [-0.15, -0.1) is 0 Å². The molecule has 0 saturated carbocycles. The molecule has 0 amide bonds. The van der Waals surface area contributed by atoms with Gasteiger partial charge in [0.05, 0.1) is 0 Å². The zero-order chi connectivity index (χ0) is 12.4. The van der Waals surface area contributed by atoms with Gasteiger partial charge in [0.25, 0.3) is 0 Å². The smallest absolute Gasteiger partial charge is 0.198 e. The van der Waals surface area contributed by atoms with Crippen LogP contribution in [0, 0.1) is 0 Å². The van der Waals surface area contributed by atoms with Crippen LogP contribution in [0.4, 0.5) is 0 Å². The number of carbonyl (C=O) groups excluding carboxylic acids is 3. The quantitative estimate of drug-likeness (QED) is 0.538. The Bertz CT molecular complexity index is 244. The zero-order valence-electron chi connectivity index (χ0n) is 10.4. The summed E-state index contributed by atoms with van der Waals surface area (Å²) in [5.74, 6) is -0.390. The van der Waals surface area contributed by atoms with Crippen molar-refractivity contribution >= 4 is 17.3 Å². The molecule has 0 atom stereocenters. The monoisotopic (exact) mass is 226 g/mol. The van der Waals surface area contributed by atoms with E-state index in [9.17, 15) is 14.4 Å². The lowest BCUT2D eigenvalue weighted by molar-refractivity contribution is -0.136. The summed E-state index contributed by atoms with van der Waals surface area (Å²) in [6, 6.07) is 0. The van der Waals surface area contributed by atoms with Gasteiger partial charge < -0.3 is 0 Å². The first-order valence-corrected chi connectivity index (χ1v) is 6.19. The van der Waals surface area contributed by atoms with Gasteiger partial charge in [0.1, 0.15) is 5.78 Å². The van der Waals surface area contributed by atoms with E-state index in [0.29, 0.717) is 25.7 Å². The molecule has 3 nitrogen and oxygen atoms in total. The molecule has 0 bridgehead atoms. The van der Waals surface area contributed by atoms with E-state index >= 15 is 0 Å². The van der Waals surface area contributed by atoms with Gasteiger partial charge in [-0.3, -0.25) is 14.4 Å². The summed E-state index contributed by atoms with van der Waals surface area (Å²) < 4.78 is 0. The Morgan fingerprint density at radius 1 is 0.688 bits per heavy atom. The third-order valence-electron chi connectivity index (χ3n) is 2.46. The lowest BCUT2D eigenvalue weighted by atomic mass is 10.0. The first-order chi connectivity index (χ1) is 7.61. The fraction of sp³-hybridized carbons (Fsp3) is 0.769. The van der Waals surface area contributed by atoms with E-state index in [-0.39, 0.29) is 23.8 Å². The van der Waals surface area contributed by atoms with E-state index in [1.165, 1.54) is 0 Å². The molecule has 0 aliphatic carbocycles. The molecule has 0 unspecified atom stereocenters. The summed E-state index contributed by atoms with van der Waals surface area (Å²) >= 11 is 0. The van der Waals surface area contributed by atoms with Gasteiger partial charge in [0.15, 0.2) is 11.6 Å². The summed E-state index contributed by atoms with van der Waals surface area (Å²) in [7, 11) is 0. The highest BCUT2D eigenvalue weighted by Crippen LogP contribution is 2.04. The lowest BCUT2D eigenvalue weighted by Crippen LogP contribution is -2.13. The standard InChI is InChI=1S/C13H22O3/c1-3-5-9-12(15)13(16)10-6-8-11(14)7-4-2/h3-10H2,1-2H3. The van der Waals surface area contributed by atoms with Crippen LogP contribution in [0.5, 0.6) is 0 Å². The summed E-state index contributed by atoms with van der Waals surface area (Å²) in [4.78, 5) is 33.8. The predicted molar refractivity (Wildman–Crippen MR) is 63.3 cm³/mol. The topological polar surface area (TPSA) is 51.2 Å². The van der Waals surface area contributed by atoms with Gasteiger partial charge in [0, 0.05) is 25.7 Å². The van der Waals surface area contributed by atoms with Crippen molar-refractivity contribution in [3.63, 3.8) is 0 Å². The first kappa shape index (κ1) is 15.0. The molecule has 0 saturated heterocycles. The van der Waals surface area contributed by atoms with Crippen molar-refractivity contribution in [1.29, 1.82) is 0 Å². The number of hydrogen-bond acceptors (Lipinski definition) is 3. The van der Waals surface area contributed by atoms with Crippen molar-refractivity contribution in [2.75, 3.05) is 0 Å². The Morgan fingerprint density at radius 3 is 1.75 bits per heavy atom. The average Bonchev–Trinajstić information content (AvgIpc) is 2.26. The number of ketones is 3. The minimum absolute atomic E-state index is 0.191. The molecule has 92 valence electrons. The molecule has 0 fully saturated rings. The second-order valence-electron chi connectivity index (χ2n) is 4.09. The Balaban J connectivity index is 3.64. The molecule has 0 heterocycles. The highest BCUT2D eigenvalue weighted by Gasteiger charge is 2.12. The Kier molecular flexibility index (Phi) is 8.68. The molecule has 0 aromatic heterocycles. The SMILES string of the molecule is CCCCC(=O)C(=O)CCCC(=O)CCC. The van der Waals surface area contributed by atoms with Gasteiger partial charge in [-0.2, -0.15) is 0 Å². The molecule has 0 rings (SSSR count). The Labute approximate surface area is 97.6 Å². The first-order valence-electron chi connectivity index (χ1n) is 6.19. The van der Waals surface area contributed by atoms with Gasteiger partial charge in [-0.1, -0.05) is 20.3 Å². The summed E-state index contributed by atoms with van der Waals surface area (Å²) in [6.07, 6.45) is 4.68. The molecule has 0 radical (unpaired) electrons. The maximum atomic E-state index is 11.3. The second kappa shape index (κ2) is 9.25. The highest BCUT2D eigenvalue weighted by molar-refractivity contribution is 6.37. The summed E-state index contributed by atoms with van der Waals surface area (Å²) in [6.45, 7) is 3.94. The molecule has 16 heavy (non-hydrogen) atoms. The van der Waals surface area contributed by atoms with E-state index in [1.807, 2.05) is 13.8 Å². The van der Waals surface area contributed by atoms with Crippen molar-refractivity contribution in [2.24, 2.45) is 0 Å². The van der Waals surface area contributed by atoms with Crippen molar-refractivity contribution in [1.82, 2.24) is 0 Å². The van der Waals surface area contributed by atoms with Crippen LogP contribution in [0.25, 0.3) is 0 Å². The minimum Gasteiger partial charge on any atom is -0.300 e. The summed E-state index contributed by atoms with van der Waals surface area (Å²) in [5, 5.41) is 0. The van der Waals surface area contributed by atoms with E-state index < -0.39 is 0 Å². The predicted octanol–water partition coefficient (Wildman–Crippen LogP) is 2.85. The van der Waals surface area contributed by atoms with E-state index in [0.717, 1.165) is 19.3 Å². The van der Waals surface area contributed by atoms with Crippen molar-refractivity contribution < 1.29 is 14.4 Å². The van der Waals surface area contributed by atoms with Crippen LogP contribution in [0.1, 0.15) is 65.2 Å². The number of Topliss-reactive ketones (excluding diaryl/α,β-unsaturated/α-hetero) is 3. The van der Waals surface area contributed by atoms with E-state index in [4.69, 9.17) is 0 Å². The van der Waals surface area contributed by atoms with E-state index in [2.05, 4.69) is 0 Å². The Morgan fingerprint density at radius 2 is 1.25 bits per heavy atom. The third-order valence-corrected chi connectivity index (χ3v) is 2.46. The maximum Gasteiger partial charge on any atom is 0.198 e. The average molecular weight is 226 g/mol. The fourth-order valence-corrected chi connectivity index (χ4v) is 1.47. The number of unbranched alkanes of at least 4 members (excludes halogenated alkanes) is 1. The highest BCUT2D eigenvalue weighted by atomic mass is 16.2. The van der Waals surface area contributed by atoms with Gasteiger partial charge >= 0.3 is 0 Å². The van der Waals surface area contributed by atoms with Crippen LogP contribution in [0.2, 0.25) is 0 Å². The number of hydrogen-bond donors (Lipinski definition) is 0. The molecule has 0 aromatic carbocycles. The van der Waals surface area contributed by atoms with Gasteiger partial charge in [0.2, 0.25) is 0 Å². The second-order valence-corrected chi connectivity index (χ2v) is 4.09. The maximum absolute atomic E-state index is 11.3. The normalized spacial score (nSPS) is 10.1. The number of rotatable bonds is 10. The minimum atomic E-state index is -0.308. The molecule has 0 aliphatic heterocycles. The fourth-order valence-electron chi connectivity index (χ4n) is 1.47. The van der Waals surface area contributed by atoms with Crippen molar-refractivity contribution in [3.05, 3.63) is 0 Å². The largest absolute Gasteiger partial charge is 0.300 e. The molecular weight excluding hydrogens is 204 g/mol. The van der Waals surface area contributed by atoms with Crippen LogP contribution in [0.15, 0.2) is 0 Å². The third kappa shape index (κ3) is 7.32. The van der Waals surface area contributed by atoms with Gasteiger partial charge in [-0.25, -0.2) is 0 Å². The Hall–Kier alpha value is -0.990. The van der Waals surface area contributed by atoms with Gasteiger partial charge in [-0.05, 0) is 19.3 Å². The molecular formula is C13H22O3. The van der Waals surface area contributed by atoms with Crippen LogP contribution < -0.4 is 0 Å². The lowest BCUT2D eigenvalue weighted by Gasteiger charge is -2.00. The van der Waals surface area contributed by atoms with Crippen molar-refractivity contribution in [2.45, 2.75) is 65.2 Å². The van der Waals surface area contributed by atoms with Crippen LogP contribution in [-0.2, 0) is 14.4 Å². The van der Waals surface area contributed by atoms with Crippen molar-refractivity contribution in [3.8, 4) is 0 Å². The summed E-state index contributed by atoms with van der Waals surface area (Å²) in [5.41, 5.74) is 0. The molecule has 0 aromatic rings. The zero-order valence-corrected chi connectivity index (χ0v) is 10.4.